The average Bonchev–Trinajstić information content (AvgIpc) is 3.04. The highest BCUT2D eigenvalue weighted by molar-refractivity contribution is 6.31. The van der Waals surface area contributed by atoms with Gasteiger partial charge in [-0.3, -0.25) is 4.79 Å². The van der Waals surface area contributed by atoms with Crippen LogP contribution in [0.4, 0.5) is 11.4 Å². The summed E-state index contributed by atoms with van der Waals surface area (Å²) < 4.78 is 0. The van der Waals surface area contributed by atoms with Crippen LogP contribution in [-0.4, -0.2) is 5.91 Å². The SMILES string of the molecule is O=C1Nc2ccc(Cl)cc2C1Nc1ccc2c(c1)CCC2. The first-order valence-electron chi connectivity index (χ1n) is 7.19. The minimum absolute atomic E-state index is 0.0345. The van der Waals surface area contributed by atoms with E-state index < -0.39 is 0 Å². The summed E-state index contributed by atoms with van der Waals surface area (Å²) in [7, 11) is 0. The highest BCUT2D eigenvalue weighted by Crippen LogP contribution is 2.35. The van der Waals surface area contributed by atoms with Gasteiger partial charge in [-0.05, 0) is 60.7 Å². The largest absolute Gasteiger partial charge is 0.370 e. The van der Waals surface area contributed by atoms with Gasteiger partial charge < -0.3 is 10.6 Å². The summed E-state index contributed by atoms with van der Waals surface area (Å²) in [4.78, 5) is 12.2. The van der Waals surface area contributed by atoms with Crippen molar-refractivity contribution in [2.75, 3.05) is 10.6 Å². The zero-order valence-electron chi connectivity index (χ0n) is 11.4. The second kappa shape index (κ2) is 4.78. The van der Waals surface area contributed by atoms with Crippen LogP contribution in [0.3, 0.4) is 0 Å². The van der Waals surface area contributed by atoms with Crippen LogP contribution in [0.25, 0.3) is 0 Å². The lowest BCUT2D eigenvalue weighted by atomic mass is 10.1. The quantitative estimate of drug-likeness (QED) is 0.882. The maximum Gasteiger partial charge on any atom is 0.251 e. The first-order chi connectivity index (χ1) is 10.2. The molecule has 1 aliphatic carbocycles. The zero-order valence-corrected chi connectivity index (χ0v) is 12.2. The molecule has 106 valence electrons. The molecular weight excluding hydrogens is 284 g/mol. The lowest BCUT2D eigenvalue weighted by Gasteiger charge is -2.14. The summed E-state index contributed by atoms with van der Waals surface area (Å²) in [6, 6.07) is 11.5. The van der Waals surface area contributed by atoms with Crippen molar-refractivity contribution in [1.82, 2.24) is 0 Å². The minimum atomic E-state index is -0.377. The standard InChI is InChI=1S/C17H15ClN2O/c18-12-5-7-15-14(9-12)16(17(21)20-15)19-13-6-4-10-2-1-3-11(10)8-13/h4-9,16,19H,1-3H2,(H,20,21). The summed E-state index contributed by atoms with van der Waals surface area (Å²) in [5.41, 5.74) is 5.56. The molecular formula is C17H15ClN2O. The third-order valence-electron chi connectivity index (χ3n) is 4.25. The Labute approximate surface area is 128 Å². The molecule has 2 aliphatic rings. The molecule has 1 atom stereocenters. The Morgan fingerprint density at radius 3 is 2.86 bits per heavy atom. The van der Waals surface area contributed by atoms with Crippen molar-refractivity contribution in [2.45, 2.75) is 25.3 Å². The second-order valence-corrected chi connectivity index (χ2v) is 6.07. The van der Waals surface area contributed by atoms with E-state index in [1.807, 2.05) is 12.1 Å². The summed E-state index contributed by atoms with van der Waals surface area (Å²) in [5.74, 6) is -0.0345. The van der Waals surface area contributed by atoms with Gasteiger partial charge in [-0.1, -0.05) is 17.7 Å². The Bertz CT molecular complexity index is 742. The maximum atomic E-state index is 12.2. The molecule has 1 amide bonds. The van der Waals surface area contributed by atoms with Gasteiger partial charge in [-0.2, -0.15) is 0 Å². The molecule has 1 unspecified atom stereocenters. The molecule has 2 N–H and O–H groups in total. The molecule has 1 heterocycles. The number of benzene rings is 2. The molecule has 4 rings (SSSR count). The number of carbonyl (C=O) groups is 1. The molecule has 2 aromatic carbocycles. The second-order valence-electron chi connectivity index (χ2n) is 5.64. The fraction of sp³-hybridized carbons (Fsp3) is 0.235. The molecule has 2 aromatic rings. The van der Waals surface area contributed by atoms with Gasteiger partial charge in [0.25, 0.3) is 5.91 Å². The number of hydrogen-bond acceptors (Lipinski definition) is 2. The lowest BCUT2D eigenvalue weighted by molar-refractivity contribution is -0.116. The number of aryl methyl sites for hydroxylation is 2. The van der Waals surface area contributed by atoms with Crippen molar-refractivity contribution in [3.63, 3.8) is 0 Å². The van der Waals surface area contributed by atoms with E-state index in [0.717, 1.165) is 29.8 Å². The van der Waals surface area contributed by atoms with Crippen LogP contribution >= 0.6 is 11.6 Å². The molecule has 1 aliphatic heterocycles. The number of anilines is 2. The molecule has 0 saturated heterocycles. The van der Waals surface area contributed by atoms with E-state index in [-0.39, 0.29) is 11.9 Å². The Morgan fingerprint density at radius 2 is 1.95 bits per heavy atom. The smallest absolute Gasteiger partial charge is 0.251 e. The number of fused-ring (bicyclic) bond motifs is 2. The van der Waals surface area contributed by atoms with Crippen LogP contribution in [0.5, 0.6) is 0 Å². The highest BCUT2D eigenvalue weighted by Gasteiger charge is 2.30. The molecule has 0 aromatic heterocycles. The average molecular weight is 299 g/mol. The van der Waals surface area contributed by atoms with Gasteiger partial charge in [0.2, 0.25) is 0 Å². The van der Waals surface area contributed by atoms with Gasteiger partial charge in [-0.15, -0.1) is 0 Å². The van der Waals surface area contributed by atoms with E-state index in [2.05, 4.69) is 28.8 Å². The van der Waals surface area contributed by atoms with Crippen LogP contribution in [0.2, 0.25) is 5.02 Å². The molecule has 0 bridgehead atoms. The number of carbonyl (C=O) groups excluding carboxylic acids is 1. The van der Waals surface area contributed by atoms with E-state index in [9.17, 15) is 4.79 Å². The number of nitrogens with one attached hydrogen (secondary N) is 2. The first-order valence-corrected chi connectivity index (χ1v) is 7.57. The highest BCUT2D eigenvalue weighted by atomic mass is 35.5. The number of rotatable bonds is 2. The van der Waals surface area contributed by atoms with Gasteiger partial charge in [0.05, 0.1) is 0 Å². The summed E-state index contributed by atoms with van der Waals surface area (Å²) in [5, 5.41) is 6.86. The monoisotopic (exact) mass is 298 g/mol. The maximum absolute atomic E-state index is 12.2. The molecule has 0 saturated carbocycles. The third-order valence-corrected chi connectivity index (χ3v) is 4.49. The normalized spacial score (nSPS) is 19.1. The van der Waals surface area contributed by atoms with Crippen molar-refractivity contribution in [3.8, 4) is 0 Å². The van der Waals surface area contributed by atoms with E-state index >= 15 is 0 Å². The van der Waals surface area contributed by atoms with Crippen molar-refractivity contribution < 1.29 is 4.79 Å². The Kier molecular flexibility index (Phi) is 2.89. The van der Waals surface area contributed by atoms with Crippen LogP contribution in [0.15, 0.2) is 36.4 Å². The number of halogens is 1. The summed E-state index contributed by atoms with van der Waals surface area (Å²) >= 11 is 6.05. The fourth-order valence-corrected chi connectivity index (χ4v) is 3.38. The van der Waals surface area contributed by atoms with Crippen LogP contribution < -0.4 is 10.6 Å². The Balaban J connectivity index is 1.66. The van der Waals surface area contributed by atoms with Crippen LogP contribution in [0.1, 0.15) is 29.2 Å². The fourth-order valence-electron chi connectivity index (χ4n) is 3.20. The molecule has 21 heavy (non-hydrogen) atoms. The van der Waals surface area contributed by atoms with Crippen molar-refractivity contribution in [2.24, 2.45) is 0 Å². The summed E-state index contributed by atoms with van der Waals surface area (Å²) in [6.07, 6.45) is 3.52. The lowest BCUT2D eigenvalue weighted by Crippen LogP contribution is -2.19. The van der Waals surface area contributed by atoms with Crippen molar-refractivity contribution in [1.29, 1.82) is 0 Å². The molecule has 0 radical (unpaired) electrons. The van der Waals surface area contributed by atoms with Gasteiger partial charge in [0.1, 0.15) is 6.04 Å². The number of amides is 1. The minimum Gasteiger partial charge on any atom is -0.370 e. The Morgan fingerprint density at radius 1 is 1.10 bits per heavy atom. The summed E-state index contributed by atoms with van der Waals surface area (Å²) in [6.45, 7) is 0. The van der Waals surface area contributed by atoms with Gasteiger partial charge in [0, 0.05) is 22.0 Å². The predicted molar refractivity (Wildman–Crippen MR) is 84.9 cm³/mol. The van der Waals surface area contributed by atoms with E-state index in [4.69, 9.17) is 11.6 Å². The molecule has 0 fully saturated rings. The van der Waals surface area contributed by atoms with E-state index in [1.54, 1.807) is 6.07 Å². The number of hydrogen-bond donors (Lipinski definition) is 2. The zero-order chi connectivity index (χ0) is 14.4. The van der Waals surface area contributed by atoms with E-state index in [1.165, 1.54) is 17.5 Å². The van der Waals surface area contributed by atoms with Crippen LogP contribution in [0, 0.1) is 0 Å². The van der Waals surface area contributed by atoms with Crippen molar-refractivity contribution >= 4 is 28.9 Å². The third kappa shape index (κ3) is 2.18. The molecule has 4 heteroatoms. The molecule has 3 nitrogen and oxygen atoms in total. The van der Waals surface area contributed by atoms with Crippen LogP contribution in [-0.2, 0) is 17.6 Å². The van der Waals surface area contributed by atoms with Gasteiger partial charge >= 0.3 is 0 Å². The molecule has 0 spiro atoms. The van der Waals surface area contributed by atoms with Gasteiger partial charge in [0.15, 0.2) is 0 Å². The Hall–Kier alpha value is -2.00. The topological polar surface area (TPSA) is 41.1 Å². The van der Waals surface area contributed by atoms with E-state index in [0.29, 0.717) is 5.02 Å². The first kappa shape index (κ1) is 12.7. The van der Waals surface area contributed by atoms with Crippen molar-refractivity contribution in [3.05, 3.63) is 58.1 Å². The predicted octanol–water partition coefficient (Wildman–Crippen LogP) is 3.93. The van der Waals surface area contributed by atoms with Gasteiger partial charge in [-0.25, -0.2) is 0 Å².